The maximum absolute atomic E-state index is 5.16. The maximum Gasteiger partial charge on any atom is 0.316 e. The van der Waals surface area contributed by atoms with Gasteiger partial charge in [0, 0.05) is 0 Å². The summed E-state index contributed by atoms with van der Waals surface area (Å²) >= 11 is 2.97. The Bertz CT molecular complexity index is 210. The van der Waals surface area contributed by atoms with Gasteiger partial charge in [-0.1, -0.05) is 0 Å². The third kappa shape index (κ3) is 1.21. The second kappa shape index (κ2) is 2.34. The van der Waals surface area contributed by atoms with E-state index in [9.17, 15) is 0 Å². The van der Waals surface area contributed by atoms with Crippen LogP contribution in [0.2, 0.25) is 0 Å². The Labute approximate surface area is 61.0 Å². The fourth-order valence-corrected chi connectivity index (χ4v) is 0.687. The van der Waals surface area contributed by atoms with Gasteiger partial charge < -0.3 is 4.74 Å². The van der Waals surface area contributed by atoms with Gasteiger partial charge in [0.05, 0.1) is 0 Å². The van der Waals surface area contributed by atoms with Gasteiger partial charge in [-0.25, -0.2) is 4.68 Å². The summed E-state index contributed by atoms with van der Waals surface area (Å²) in [6.07, 6.45) is 0. The summed E-state index contributed by atoms with van der Waals surface area (Å²) in [5.74, 6) is 0. The molecule has 1 aromatic rings. The molecule has 0 unspecified atom stereocenters. The smallest absolute Gasteiger partial charge is 0.316 e. The minimum atomic E-state index is 0.0573. The predicted octanol–water partition coefficient (Wildman–Crippen LogP) is 0.605. The Morgan fingerprint density at radius 3 is 2.56 bits per heavy atom. The van der Waals surface area contributed by atoms with Gasteiger partial charge in [-0.2, -0.15) is 4.98 Å². The van der Waals surface area contributed by atoms with Gasteiger partial charge in [-0.3, -0.25) is 0 Å². The van der Waals surface area contributed by atoms with Crippen molar-refractivity contribution in [2.45, 2.75) is 0 Å². The summed E-state index contributed by atoms with van der Waals surface area (Å²) in [4.78, 5) is 3.62. The van der Waals surface area contributed by atoms with Gasteiger partial charge in [0.2, 0.25) is 4.73 Å². The zero-order chi connectivity index (χ0) is 6.85. The van der Waals surface area contributed by atoms with Crippen LogP contribution < -0.4 is 4.74 Å². The zero-order valence-electron chi connectivity index (χ0n) is 4.28. The van der Waals surface area contributed by atoms with E-state index in [0.29, 0.717) is 4.73 Å². The quantitative estimate of drug-likeness (QED) is 0.647. The SMILES string of the molecule is [CH]Oc1nc(Br)nn1[CH]. The number of hydrogen-bond acceptors (Lipinski definition) is 3. The fourth-order valence-electron chi connectivity index (χ4n) is 0.365. The summed E-state index contributed by atoms with van der Waals surface area (Å²) in [6.45, 7) is 0. The lowest BCUT2D eigenvalue weighted by Gasteiger charge is -1.90. The summed E-state index contributed by atoms with van der Waals surface area (Å²) in [7, 11) is 9.90. The molecule has 0 N–H and O–H groups in total. The summed E-state index contributed by atoms with van der Waals surface area (Å²) in [5, 5.41) is 3.58. The molecule has 4 nitrogen and oxygen atoms in total. The van der Waals surface area contributed by atoms with E-state index in [0.717, 1.165) is 4.68 Å². The van der Waals surface area contributed by atoms with Crippen molar-refractivity contribution < 1.29 is 4.74 Å². The van der Waals surface area contributed by atoms with E-state index in [2.05, 4.69) is 30.7 Å². The first-order valence-corrected chi connectivity index (χ1v) is 2.77. The lowest BCUT2D eigenvalue weighted by Crippen LogP contribution is -1.91. The van der Waals surface area contributed by atoms with Crippen LogP contribution in [0, 0.1) is 14.2 Å². The molecule has 4 radical (unpaired) electrons. The van der Waals surface area contributed by atoms with Crippen LogP contribution in [0.25, 0.3) is 0 Å². The third-order valence-corrected chi connectivity index (χ3v) is 1.02. The normalized spacial score (nSPS) is 9.67. The summed E-state index contributed by atoms with van der Waals surface area (Å²) in [6, 6.07) is 0.0573. The molecule has 5 heteroatoms. The highest BCUT2D eigenvalue weighted by molar-refractivity contribution is 9.10. The topological polar surface area (TPSA) is 39.9 Å². The highest BCUT2D eigenvalue weighted by Gasteiger charge is 2.02. The van der Waals surface area contributed by atoms with Gasteiger partial charge in [-0.15, -0.1) is 5.10 Å². The number of hydrogen-bond donors (Lipinski definition) is 0. The minimum Gasteiger partial charge on any atom is -0.452 e. The maximum atomic E-state index is 5.16. The van der Waals surface area contributed by atoms with Gasteiger partial charge in [0.1, 0.15) is 7.05 Å². The third-order valence-electron chi connectivity index (χ3n) is 0.680. The Morgan fingerprint density at radius 1 is 1.67 bits per heavy atom. The number of halogens is 1. The molecule has 0 aliphatic rings. The molecule has 0 aliphatic heterocycles. The van der Waals surface area contributed by atoms with E-state index < -0.39 is 0 Å². The highest BCUT2D eigenvalue weighted by Crippen LogP contribution is 2.09. The van der Waals surface area contributed by atoms with Crippen molar-refractivity contribution in [3.05, 3.63) is 18.9 Å². The van der Waals surface area contributed by atoms with Crippen LogP contribution in [0.5, 0.6) is 6.01 Å². The molecular weight excluding hydrogens is 186 g/mol. The highest BCUT2D eigenvalue weighted by atomic mass is 79.9. The van der Waals surface area contributed by atoms with Crippen molar-refractivity contribution >= 4 is 15.9 Å². The molecule has 0 bridgehead atoms. The molecule has 46 valence electrons. The average molecular weight is 188 g/mol. The molecule has 0 amide bonds. The van der Waals surface area contributed by atoms with Gasteiger partial charge in [0.25, 0.3) is 0 Å². The minimum absolute atomic E-state index is 0.0573. The molecule has 0 fully saturated rings. The largest absolute Gasteiger partial charge is 0.452 e. The molecule has 0 aromatic carbocycles. The molecule has 0 spiro atoms. The van der Waals surface area contributed by atoms with E-state index in [-0.39, 0.29) is 6.01 Å². The Morgan fingerprint density at radius 2 is 2.33 bits per heavy atom. The standard InChI is InChI=1S/C4H2BrN3O/c1-8-4(9-2)6-3(5)7-8/h1-2H. The second-order valence-electron chi connectivity index (χ2n) is 1.23. The monoisotopic (exact) mass is 187 g/mol. The van der Waals surface area contributed by atoms with Crippen molar-refractivity contribution in [2.75, 3.05) is 0 Å². The first-order valence-electron chi connectivity index (χ1n) is 1.98. The van der Waals surface area contributed by atoms with Gasteiger partial charge in [-0.05, 0) is 15.9 Å². The average Bonchev–Trinajstić information content (AvgIpc) is 2.10. The van der Waals surface area contributed by atoms with Crippen LogP contribution in [0.3, 0.4) is 0 Å². The molecule has 0 saturated carbocycles. The van der Waals surface area contributed by atoms with Crippen LogP contribution in [-0.4, -0.2) is 14.8 Å². The summed E-state index contributed by atoms with van der Waals surface area (Å²) in [5.41, 5.74) is 0. The molecule has 0 aliphatic carbocycles. The summed E-state index contributed by atoms with van der Waals surface area (Å²) < 4.78 is 5.46. The Kier molecular flexibility index (Phi) is 1.70. The Hall–Kier alpha value is -0.580. The van der Waals surface area contributed by atoms with Crippen molar-refractivity contribution in [1.29, 1.82) is 0 Å². The van der Waals surface area contributed by atoms with Gasteiger partial charge in [0.15, 0.2) is 7.11 Å². The van der Waals surface area contributed by atoms with Crippen LogP contribution in [0.4, 0.5) is 0 Å². The van der Waals surface area contributed by atoms with Crippen molar-refractivity contribution in [3.8, 4) is 6.01 Å². The van der Waals surface area contributed by atoms with Crippen molar-refractivity contribution in [2.24, 2.45) is 0 Å². The number of ether oxygens (including phenoxy) is 1. The first-order chi connectivity index (χ1) is 4.24. The lowest BCUT2D eigenvalue weighted by atomic mass is 11.1. The molecule has 1 aromatic heterocycles. The van der Waals surface area contributed by atoms with Crippen molar-refractivity contribution in [3.63, 3.8) is 0 Å². The number of aromatic nitrogens is 3. The first kappa shape index (κ1) is 6.54. The van der Waals surface area contributed by atoms with Gasteiger partial charge >= 0.3 is 6.01 Å². The fraction of sp³-hybridized carbons (Fsp3) is 0. The number of rotatable bonds is 1. The van der Waals surface area contributed by atoms with E-state index in [1.54, 1.807) is 0 Å². The van der Waals surface area contributed by atoms with Crippen LogP contribution in [-0.2, 0) is 0 Å². The van der Waals surface area contributed by atoms with E-state index in [1.807, 2.05) is 0 Å². The van der Waals surface area contributed by atoms with E-state index in [4.69, 9.17) is 14.2 Å². The van der Waals surface area contributed by atoms with E-state index in [1.165, 1.54) is 0 Å². The second-order valence-corrected chi connectivity index (χ2v) is 1.94. The molecular formula is C4H2BrN3O. The number of nitrogens with zero attached hydrogens (tertiary/aromatic N) is 3. The molecule has 9 heavy (non-hydrogen) atoms. The predicted molar refractivity (Wildman–Crippen MR) is 32.3 cm³/mol. The molecule has 0 atom stereocenters. The zero-order valence-corrected chi connectivity index (χ0v) is 5.87. The van der Waals surface area contributed by atoms with Crippen LogP contribution in [0.15, 0.2) is 4.73 Å². The molecule has 1 heterocycles. The molecule has 0 saturated heterocycles. The Balaban J connectivity index is 3.01. The van der Waals surface area contributed by atoms with E-state index >= 15 is 0 Å². The van der Waals surface area contributed by atoms with Crippen LogP contribution >= 0.6 is 15.9 Å². The lowest BCUT2D eigenvalue weighted by molar-refractivity contribution is 0.417. The van der Waals surface area contributed by atoms with Crippen molar-refractivity contribution in [1.82, 2.24) is 14.8 Å². The molecule has 1 rings (SSSR count). The van der Waals surface area contributed by atoms with Crippen LogP contribution in [0.1, 0.15) is 0 Å².